The van der Waals surface area contributed by atoms with Gasteiger partial charge in [0.25, 0.3) is 0 Å². The van der Waals surface area contributed by atoms with E-state index in [9.17, 15) is 30.0 Å². The number of allylic oxidation sites excluding steroid dienone is 13. The Kier molecular flexibility index (Phi) is 32.9. The number of ether oxygens (including phenoxy) is 4. The number of rotatable bonds is 33. The van der Waals surface area contributed by atoms with E-state index in [0.717, 1.165) is 64.2 Å². The van der Waals surface area contributed by atoms with Crippen molar-refractivity contribution in [3.8, 4) is 0 Å². The van der Waals surface area contributed by atoms with E-state index >= 15 is 0 Å². The van der Waals surface area contributed by atoms with Crippen molar-refractivity contribution in [1.82, 2.24) is 0 Å². The molecule has 4 N–H and O–H groups in total. The smallest absolute Gasteiger partial charge is 0.310 e. The van der Waals surface area contributed by atoms with Crippen LogP contribution in [0.4, 0.5) is 0 Å². The zero-order valence-electron chi connectivity index (χ0n) is 34.3. The maximum absolute atomic E-state index is 12.7. The number of esters is 2. The van der Waals surface area contributed by atoms with Crippen molar-refractivity contribution in [2.24, 2.45) is 0 Å². The lowest BCUT2D eigenvalue weighted by Crippen LogP contribution is -2.59. The molecule has 0 radical (unpaired) electrons. The van der Waals surface area contributed by atoms with E-state index in [1.54, 1.807) is 6.08 Å². The molecule has 0 bridgehead atoms. The van der Waals surface area contributed by atoms with Crippen LogP contribution in [0, 0.1) is 0 Å². The Morgan fingerprint density at radius 2 is 1.11 bits per heavy atom. The third-order valence-electron chi connectivity index (χ3n) is 9.05. The SMILES string of the molecule is CC/C=C\C/C=C\C/C=C\C/C=C\C/C=C\CC(=O)OC(COC(=O)CCCCCCC/C=C\C/C=C\CCCCCC)COC1OC(CO)C(O)C(O)C1O. The molecular formula is C46H74O10. The van der Waals surface area contributed by atoms with Crippen LogP contribution in [0.5, 0.6) is 0 Å². The first-order chi connectivity index (χ1) is 27.3. The van der Waals surface area contributed by atoms with Crippen LogP contribution in [-0.4, -0.2) is 89.0 Å². The lowest BCUT2D eigenvalue weighted by atomic mass is 9.99. The Morgan fingerprint density at radius 3 is 1.68 bits per heavy atom. The maximum Gasteiger partial charge on any atom is 0.310 e. The van der Waals surface area contributed by atoms with Crippen LogP contribution < -0.4 is 0 Å². The number of aliphatic hydroxyl groups is 4. The van der Waals surface area contributed by atoms with Gasteiger partial charge < -0.3 is 39.4 Å². The fourth-order valence-electron chi connectivity index (χ4n) is 5.70. The highest BCUT2D eigenvalue weighted by atomic mass is 16.7. The highest BCUT2D eigenvalue weighted by Gasteiger charge is 2.44. The molecule has 56 heavy (non-hydrogen) atoms. The summed E-state index contributed by atoms with van der Waals surface area (Å²) in [6.07, 6.45) is 39.0. The van der Waals surface area contributed by atoms with Gasteiger partial charge in [0, 0.05) is 6.42 Å². The van der Waals surface area contributed by atoms with Gasteiger partial charge in [0.2, 0.25) is 0 Å². The van der Waals surface area contributed by atoms with Gasteiger partial charge in [0.1, 0.15) is 31.0 Å². The molecule has 318 valence electrons. The van der Waals surface area contributed by atoms with Crippen molar-refractivity contribution < 1.29 is 49.0 Å². The van der Waals surface area contributed by atoms with Crippen molar-refractivity contribution in [3.05, 3.63) is 85.1 Å². The quantitative estimate of drug-likeness (QED) is 0.0289. The molecule has 0 aromatic carbocycles. The van der Waals surface area contributed by atoms with Crippen LogP contribution in [0.15, 0.2) is 85.1 Å². The minimum atomic E-state index is -1.62. The zero-order valence-corrected chi connectivity index (χ0v) is 34.3. The van der Waals surface area contributed by atoms with E-state index in [2.05, 4.69) is 80.7 Å². The summed E-state index contributed by atoms with van der Waals surface area (Å²) < 4.78 is 22.0. The number of hydrogen-bond donors (Lipinski definition) is 4. The molecule has 6 atom stereocenters. The van der Waals surface area contributed by atoms with Crippen LogP contribution in [0.2, 0.25) is 0 Å². The van der Waals surface area contributed by atoms with Crippen molar-refractivity contribution in [2.45, 2.75) is 173 Å². The number of hydrogen-bond acceptors (Lipinski definition) is 10. The Hall–Kier alpha value is -3.12. The summed E-state index contributed by atoms with van der Waals surface area (Å²) in [7, 11) is 0. The first-order valence-corrected chi connectivity index (χ1v) is 21.2. The van der Waals surface area contributed by atoms with Gasteiger partial charge in [0.05, 0.1) is 19.6 Å². The summed E-state index contributed by atoms with van der Waals surface area (Å²) in [6.45, 7) is 3.15. The van der Waals surface area contributed by atoms with Gasteiger partial charge in [-0.2, -0.15) is 0 Å². The number of carbonyl (C=O) groups is 2. The lowest BCUT2D eigenvalue weighted by Gasteiger charge is -2.39. The fourth-order valence-corrected chi connectivity index (χ4v) is 5.70. The second kappa shape index (κ2) is 36.2. The zero-order chi connectivity index (χ0) is 40.9. The summed E-state index contributed by atoms with van der Waals surface area (Å²) >= 11 is 0. The van der Waals surface area contributed by atoms with Gasteiger partial charge in [-0.25, -0.2) is 0 Å². The predicted octanol–water partition coefficient (Wildman–Crippen LogP) is 8.60. The maximum atomic E-state index is 12.7. The average Bonchev–Trinajstić information content (AvgIpc) is 3.19. The highest BCUT2D eigenvalue weighted by Crippen LogP contribution is 2.22. The monoisotopic (exact) mass is 787 g/mol. The highest BCUT2D eigenvalue weighted by molar-refractivity contribution is 5.71. The number of carbonyl (C=O) groups excluding carboxylic acids is 2. The average molecular weight is 787 g/mol. The summed E-state index contributed by atoms with van der Waals surface area (Å²) in [5.74, 6) is -0.980. The Labute approximate surface area is 337 Å². The van der Waals surface area contributed by atoms with Crippen LogP contribution in [0.1, 0.15) is 136 Å². The number of aliphatic hydroxyl groups excluding tert-OH is 4. The Balaban J connectivity index is 2.44. The fraction of sp³-hybridized carbons (Fsp3) is 0.652. The Bertz CT molecular complexity index is 1180. The molecule has 0 aromatic heterocycles. The van der Waals surface area contributed by atoms with Gasteiger partial charge in [-0.3, -0.25) is 9.59 Å². The molecule has 1 saturated heterocycles. The Morgan fingerprint density at radius 1 is 0.589 bits per heavy atom. The topological polar surface area (TPSA) is 152 Å². The first-order valence-electron chi connectivity index (χ1n) is 21.2. The molecule has 0 saturated carbocycles. The molecule has 0 amide bonds. The molecule has 1 rings (SSSR count). The molecule has 0 aliphatic carbocycles. The number of unbranched alkanes of at least 4 members (excludes halogenated alkanes) is 9. The van der Waals surface area contributed by atoms with Gasteiger partial charge in [-0.05, 0) is 70.6 Å². The van der Waals surface area contributed by atoms with Crippen LogP contribution in [-0.2, 0) is 28.5 Å². The standard InChI is InChI=1S/C46H74O10/c1-3-5-7-9-11-13-15-17-19-21-22-24-26-28-30-32-34-41(48)53-37-39(38-54-46-45(52)44(51)43(50)40(36-47)56-46)55-42(49)35-33-31-29-27-25-23-20-18-16-14-12-10-8-6-4-2/h6,8,12-15,18-21,25,27,31,33,39-40,43-47,50-52H,3-5,7,9-11,16-17,22-24,26,28-30,32,34-38H2,1-2H3/b8-6-,14-12-,15-13-,20-18-,21-19-,27-25-,33-31-. The largest absolute Gasteiger partial charge is 0.462 e. The van der Waals surface area contributed by atoms with Crippen LogP contribution in [0.25, 0.3) is 0 Å². The van der Waals surface area contributed by atoms with E-state index in [1.165, 1.54) is 32.1 Å². The summed E-state index contributed by atoms with van der Waals surface area (Å²) in [6, 6.07) is 0. The summed E-state index contributed by atoms with van der Waals surface area (Å²) in [5, 5.41) is 40.0. The summed E-state index contributed by atoms with van der Waals surface area (Å²) in [4.78, 5) is 25.2. The predicted molar refractivity (Wildman–Crippen MR) is 224 cm³/mol. The third kappa shape index (κ3) is 27.5. The van der Waals surface area contributed by atoms with Gasteiger partial charge in [0.15, 0.2) is 12.4 Å². The van der Waals surface area contributed by atoms with E-state index < -0.39 is 55.4 Å². The van der Waals surface area contributed by atoms with E-state index in [-0.39, 0.29) is 26.1 Å². The van der Waals surface area contributed by atoms with Crippen molar-refractivity contribution in [3.63, 3.8) is 0 Å². The van der Waals surface area contributed by atoms with Gasteiger partial charge in [-0.1, -0.05) is 137 Å². The van der Waals surface area contributed by atoms with Crippen molar-refractivity contribution in [2.75, 3.05) is 19.8 Å². The molecule has 1 fully saturated rings. The van der Waals surface area contributed by atoms with Gasteiger partial charge in [-0.15, -0.1) is 0 Å². The second-order valence-electron chi connectivity index (χ2n) is 14.1. The molecule has 1 aliphatic heterocycles. The molecule has 10 heteroatoms. The molecule has 6 unspecified atom stereocenters. The van der Waals surface area contributed by atoms with Crippen LogP contribution >= 0.6 is 0 Å². The van der Waals surface area contributed by atoms with Crippen LogP contribution in [0.3, 0.4) is 0 Å². The molecule has 0 spiro atoms. The second-order valence-corrected chi connectivity index (χ2v) is 14.1. The van der Waals surface area contributed by atoms with Crippen molar-refractivity contribution in [1.29, 1.82) is 0 Å². The minimum absolute atomic E-state index is 0.00987. The van der Waals surface area contributed by atoms with E-state index in [4.69, 9.17) is 18.9 Å². The third-order valence-corrected chi connectivity index (χ3v) is 9.05. The van der Waals surface area contributed by atoms with Gasteiger partial charge >= 0.3 is 11.9 Å². The molecule has 1 heterocycles. The summed E-state index contributed by atoms with van der Waals surface area (Å²) in [5.41, 5.74) is 0. The minimum Gasteiger partial charge on any atom is -0.462 e. The van der Waals surface area contributed by atoms with E-state index in [1.807, 2.05) is 12.2 Å². The normalized spacial score (nSPS) is 21.3. The molecule has 0 aromatic rings. The molecule has 1 aliphatic rings. The van der Waals surface area contributed by atoms with Crippen molar-refractivity contribution >= 4 is 11.9 Å². The van der Waals surface area contributed by atoms with E-state index in [0.29, 0.717) is 12.8 Å². The molecule has 10 nitrogen and oxygen atoms in total. The molecular weight excluding hydrogens is 712 g/mol. The first kappa shape index (κ1) is 50.9. The lowest BCUT2D eigenvalue weighted by molar-refractivity contribution is -0.305.